The lowest BCUT2D eigenvalue weighted by molar-refractivity contribution is 0.00693. The zero-order valence-corrected chi connectivity index (χ0v) is 18.8. The number of fused-ring (bicyclic) bond motifs is 1. The number of likely N-dealkylation sites (N-methyl/N-ethyl adjacent to an activating group) is 1. The average molecular weight is 435 g/mol. The minimum absolute atomic E-state index is 0. The lowest BCUT2D eigenvalue weighted by Crippen LogP contribution is -2.24. The van der Waals surface area contributed by atoms with Crippen LogP contribution in [0.5, 0.6) is 0 Å². The molecule has 0 atom stereocenters. The summed E-state index contributed by atoms with van der Waals surface area (Å²) in [5.41, 5.74) is 4.05. The van der Waals surface area contributed by atoms with Gasteiger partial charge in [-0.2, -0.15) is 0 Å². The van der Waals surface area contributed by atoms with Crippen LogP contribution in [0.25, 0.3) is 6.08 Å². The van der Waals surface area contributed by atoms with E-state index in [1.807, 2.05) is 63.3 Å². The Bertz CT molecular complexity index is 902. The number of hydrogen-bond donors (Lipinski definition) is 0. The van der Waals surface area contributed by atoms with Gasteiger partial charge in [0.1, 0.15) is 5.60 Å². The number of hydrogen-bond acceptors (Lipinski definition) is 4. The van der Waals surface area contributed by atoms with Gasteiger partial charge in [0.05, 0.1) is 17.8 Å². The molecule has 0 unspecified atom stereocenters. The number of carbonyl (C=O) groups is 1. The summed E-state index contributed by atoms with van der Waals surface area (Å²) in [7, 11) is 2.08. The molecule has 0 spiro atoms. The van der Waals surface area contributed by atoms with Crippen LogP contribution in [0.3, 0.4) is 0 Å². The number of anilines is 1. The van der Waals surface area contributed by atoms with Crippen LogP contribution in [0, 0.1) is 0 Å². The monoisotopic (exact) mass is 434 g/mol. The molecule has 156 valence electrons. The molecule has 0 aromatic heterocycles. The zero-order chi connectivity index (χ0) is 19.4. The maximum Gasteiger partial charge on any atom is 0.339 e. The fraction of sp³-hybridized carbons (Fsp3) is 0.304. The van der Waals surface area contributed by atoms with Crippen molar-refractivity contribution >= 4 is 48.3 Å². The van der Waals surface area contributed by atoms with Crippen molar-refractivity contribution in [3.05, 3.63) is 71.3 Å². The summed E-state index contributed by atoms with van der Waals surface area (Å²) < 4.78 is 5.54. The predicted octanol–water partition coefficient (Wildman–Crippen LogP) is 5.44. The van der Waals surface area contributed by atoms with E-state index in [2.05, 4.69) is 24.1 Å². The zero-order valence-electron chi connectivity index (χ0n) is 17.2. The van der Waals surface area contributed by atoms with Gasteiger partial charge in [0, 0.05) is 24.8 Å². The van der Waals surface area contributed by atoms with E-state index in [0.717, 1.165) is 29.9 Å². The highest BCUT2D eigenvalue weighted by Gasteiger charge is 2.19. The van der Waals surface area contributed by atoms with Gasteiger partial charge in [-0.3, -0.25) is 4.99 Å². The first-order valence-corrected chi connectivity index (χ1v) is 9.20. The Morgan fingerprint density at radius 1 is 1.03 bits per heavy atom. The van der Waals surface area contributed by atoms with Crippen molar-refractivity contribution in [2.75, 3.05) is 25.0 Å². The van der Waals surface area contributed by atoms with Crippen LogP contribution in [-0.2, 0) is 4.74 Å². The number of nitrogens with zero attached hydrogens (tertiary/aromatic N) is 2. The standard InChI is InChI=1S/C23H26N2O2.2ClH/c1-23(2,3)27-22(26)18-10-6-5-9-17(18)13-14-20-19-11-7-8-12-21(19)25(4)16-15-24-20;;/h5-14H,15-16H2,1-4H3;2*1H/b14-13+;;. The van der Waals surface area contributed by atoms with E-state index in [1.54, 1.807) is 6.07 Å². The Balaban J connectivity index is 0.00000210. The molecule has 0 aliphatic carbocycles. The highest BCUT2D eigenvalue weighted by atomic mass is 35.5. The van der Waals surface area contributed by atoms with Crippen LogP contribution in [0.15, 0.2) is 59.6 Å². The molecule has 0 bridgehead atoms. The van der Waals surface area contributed by atoms with Crippen molar-refractivity contribution in [1.82, 2.24) is 0 Å². The molecule has 1 aliphatic heterocycles. The number of ether oxygens (including phenoxy) is 1. The van der Waals surface area contributed by atoms with Gasteiger partial charge in [-0.05, 0) is 44.5 Å². The molecule has 2 aromatic carbocycles. The Morgan fingerprint density at radius 3 is 2.41 bits per heavy atom. The first kappa shape index (κ1) is 24.7. The van der Waals surface area contributed by atoms with Gasteiger partial charge in [-0.15, -0.1) is 24.8 Å². The molecule has 2 aromatic rings. The second kappa shape index (κ2) is 10.5. The molecule has 0 amide bonds. The molecule has 0 saturated heterocycles. The number of rotatable bonds is 3. The summed E-state index contributed by atoms with van der Waals surface area (Å²) in [4.78, 5) is 19.5. The van der Waals surface area contributed by atoms with E-state index in [-0.39, 0.29) is 30.8 Å². The van der Waals surface area contributed by atoms with Crippen LogP contribution < -0.4 is 4.90 Å². The number of allylic oxidation sites excluding steroid dienone is 1. The lowest BCUT2D eigenvalue weighted by atomic mass is 10.0. The first-order chi connectivity index (χ1) is 12.8. The van der Waals surface area contributed by atoms with Gasteiger partial charge in [-0.1, -0.05) is 42.5 Å². The quantitative estimate of drug-likeness (QED) is 0.603. The fourth-order valence-electron chi connectivity index (χ4n) is 3.02. The molecule has 0 fully saturated rings. The minimum atomic E-state index is -0.525. The second-order valence-corrected chi connectivity index (χ2v) is 7.63. The van der Waals surface area contributed by atoms with Crippen molar-refractivity contribution in [2.24, 2.45) is 4.99 Å². The van der Waals surface area contributed by atoms with E-state index in [4.69, 9.17) is 9.73 Å². The Morgan fingerprint density at radius 2 is 1.69 bits per heavy atom. The van der Waals surface area contributed by atoms with Gasteiger partial charge in [0.25, 0.3) is 0 Å². The van der Waals surface area contributed by atoms with E-state index in [9.17, 15) is 4.79 Å². The van der Waals surface area contributed by atoms with Gasteiger partial charge >= 0.3 is 5.97 Å². The highest BCUT2D eigenvalue weighted by molar-refractivity contribution is 6.14. The maximum absolute atomic E-state index is 12.5. The molecule has 0 radical (unpaired) electrons. The van der Waals surface area contributed by atoms with Gasteiger partial charge in [0.2, 0.25) is 0 Å². The lowest BCUT2D eigenvalue weighted by Gasteiger charge is -2.20. The number of carbonyl (C=O) groups excluding carboxylic acids is 1. The molecular formula is C23H28Cl2N2O2. The summed E-state index contributed by atoms with van der Waals surface area (Å²) in [6.45, 7) is 7.23. The predicted molar refractivity (Wildman–Crippen MR) is 126 cm³/mol. The van der Waals surface area contributed by atoms with Crippen molar-refractivity contribution < 1.29 is 9.53 Å². The smallest absolute Gasteiger partial charge is 0.339 e. The molecular weight excluding hydrogens is 407 g/mol. The van der Waals surface area contributed by atoms with Crippen LogP contribution >= 0.6 is 24.8 Å². The molecule has 1 aliphatic rings. The van der Waals surface area contributed by atoms with E-state index in [1.165, 1.54) is 5.69 Å². The number of aliphatic imine (C=N–C) groups is 1. The van der Waals surface area contributed by atoms with Crippen LogP contribution in [0.2, 0.25) is 0 Å². The number of esters is 1. The maximum atomic E-state index is 12.5. The van der Waals surface area contributed by atoms with E-state index in [0.29, 0.717) is 5.56 Å². The topological polar surface area (TPSA) is 41.9 Å². The average Bonchev–Trinajstić information content (AvgIpc) is 2.78. The van der Waals surface area contributed by atoms with Crippen molar-refractivity contribution in [3.8, 4) is 0 Å². The van der Waals surface area contributed by atoms with Crippen LogP contribution in [0.4, 0.5) is 5.69 Å². The van der Waals surface area contributed by atoms with Gasteiger partial charge in [0.15, 0.2) is 0 Å². The molecule has 29 heavy (non-hydrogen) atoms. The Kier molecular flexibility index (Phi) is 8.93. The third-order valence-electron chi connectivity index (χ3n) is 4.31. The number of halogens is 2. The van der Waals surface area contributed by atoms with E-state index >= 15 is 0 Å². The largest absolute Gasteiger partial charge is 0.456 e. The highest BCUT2D eigenvalue weighted by Crippen LogP contribution is 2.23. The Labute approximate surface area is 185 Å². The molecule has 4 nitrogen and oxygen atoms in total. The van der Waals surface area contributed by atoms with Gasteiger partial charge < -0.3 is 9.64 Å². The third kappa shape index (κ3) is 6.34. The molecule has 1 heterocycles. The summed E-state index contributed by atoms with van der Waals surface area (Å²) in [5.74, 6) is -0.314. The minimum Gasteiger partial charge on any atom is -0.456 e. The summed E-state index contributed by atoms with van der Waals surface area (Å²) in [6.07, 6.45) is 3.93. The van der Waals surface area contributed by atoms with Crippen LogP contribution in [0.1, 0.15) is 42.3 Å². The third-order valence-corrected chi connectivity index (χ3v) is 4.31. The molecule has 6 heteroatoms. The summed E-state index contributed by atoms with van der Waals surface area (Å²) in [5, 5.41) is 0. The van der Waals surface area contributed by atoms with Crippen LogP contribution in [-0.4, -0.2) is 37.4 Å². The fourth-order valence-corrected chi connectivity index (χ4v) is 3.02. The van der Waals surface area contributed by atoms with Gasteiger partial charge in [-0.25, -0.2) is 4.79 Å². The van der Waals surface area contributed by atoms with Crippen molar-refractivity contribution in [3.63, 3.8) is 0 Å². The first-order valence-electron chi connectivity index (χ1n) is 9.20. The normalized spacial score (nSPS) is 13.5. The van der Waals surface area contributed by atoms with Crippen molar-refractivity contribution in [2.45, 2.75) is 26.4 Å². The SMILES string of the molecule is CN1CCN=C(/C=C/c2ccccc2C(=O)OC(C)(C)C)c2ccccc21.Cl.Cl. The number of para-hydroxylation sites is 1. The number of benzodiazepines with no additional fused rings is 1. The summed E-state index contributed by atoms with van der Waals surface area (Å²) >= 11 is 0. The molecule has 0 saturated carbocycles. The summed E-state index contributed by atoms with van der Waals surface area (Å²) in [6, 6.07) is 15.7. The molecule has 0 N–H and O–H groups in total. The van der Waals surface area contributed by atoms with Crippen molar-refractivity contribution in [1.29, 1.82) is 0 Å². The Hall–Kier alpha value is -2.30. The number of benzene rings is 2. The molecule has 3 rings (SSSR count). The van der Waals surface area contributed by atoms with E-state index < -0.39 is 5.60 Å². The second-order valence-electron chi connectivity index (χ2n) is 7.63.